The van der Waals surface area contributed by atoms with Gasteiger partial charge in [-0.25, -0.2) is 4.98 Å². The minimum absolute atomic E-state index is 0.575. The number of benzene rings is 1. The third kappa shape index (κ3) is 1.36. The van der Waals surface area contributed by atoms with Crippen molar-refractivity contribution in [2.45, 2.75) is 18.4 Å². The first-order valence-electron chi connectivity index (χ1n) is 5.01. The highest BCUT2D eigenvalue weighted by Gasteiger charge is 2.44. The minimum atomic E-state index is -0.648. The second-order valence-electron chi connectivity index (χ2n) is 3.91. The Balaban J connectivity index is 2.15. The van der Waals surface area contributed by atoms with Crippen LogP contribution in [0.1, 0.15) is 18.4 Å². The fourth-order valence-electron chi connectivity index (χ4n) is 1.82. The van der Waals surface area contributed by atoms with Crippen LogP contribution in [0.4, 0.5) is 0 Å². The molecular formula is C12H11NO2. The van der Waals surface area contributed by atoms with Crippen molar-refractivity contribution < 1.29 is 9.52 Å². The summed E-state index contributed by atoms with van der Waals surface area (Å²) < 4.78 is 5.26. The standard InChI is InChI=1S/C12H11NO2/c14-12(5-6-12)10-4-2-1-3-9(10)11-13-7-8-15-11/h1-4,7-8,14H,5-6H2. The van der Waals surface area contributed by atoms with Crippen LogP contribution in [0.25, 0.3) is 11.5 Å². The second kappa shape index (κ2) is 2.94. The van der Waals surface area contributed by atoms with Gasteiger partial charge in [-0.05, 0) is 24.5 Å². The molecule has 1 aromatic carbocycles. The van der Waals surface area contributed by atoms with E-state index in [0.29, 0.717) is 5.89 Å². The van der Waals surface area contributed by atoms with Gasteiger partial charge in [0.1, 0.15) is 6.26 Å². The van der Waals surface area contributed by atoms with Crippen molar-refractivity contribution >= 4 is 0 Å². The highest BCUT2D eigenvalue weighted by molar-refractivity contribution is 5.61. The van der Waals surface area contributed by atoms with Crippen molar-refractivity contribution in [3.8, 4) is 11.5 Å². The molecule has 3 heteroatoms. The van der Waals surface area contributed by atoms with Crippen LogP contribution >= 0.6 is 0 Å². The van der Waals surface area contributed by atoms with Gasteiger partial charge in [0.25, 0.3) is 0 Å². The summed E-state index contributed by atoms with van der Waals surface area (Å²) in [5.74, 6) is 0.575. The van der Waals surface area contributed by atoms with Crippen molar-refractivity contribution in [3.05, 3.63) is 42.3 Å². The summed E-state index contributed by atoms with van der Waals surface area (Å²) in [7, 11) is 0. The summed E-state index contributed by atoms with van der Waals surface area (Å²) in [5.41, 5.74) is 1.17. The van der Waals surface area contributed by atoms with Gasteiger partial charge in [0.2, 0.25) is 5.89 Å². The van der Waals surface area contributed by atoms with Gasteiger partial charge in [-0.1, -0.05) is 18.2 Å². The van der Waals surface area contributed by atoms with Crippen LogP contribution in [-0.4, -0.2) is 10.1 Å². The first-order valence-corrected chi connectivity index (χ1v) is 5.01. The van der Waals surface area contributed by atoms with E-state index in [2.05, 4.69) is 4.98 Å². The number of hydrogen-bond donors (Lipinski definition) is 1. The van der Waals surface area contributed by atoms with E-state index in [0.717, 1.165) is 24.0 Å². The topological polar surface area (TPSA) is 46.3 Å². The van der Waals surface area contributed by atoms with Crippen molar-refractivity contribution in [2.24, 2.45) is 0 Å². The molecule has 0 saturated heterocycles. The molecule has 2 aromatic rings. The maximum Gasteiger partial charge on any atom is 0.226 e. The lowest BCUT2D eigenvalue weighted by Crippen LogP contribution is -2.06. The number of aromatic nitrogens is 1. The molecule has 1 fully saturated rings. The van der Waals surface area contributed by atoms with Crippen LogP contribution in [0.2, 0.25) is 0 Å². The van der Waals surface area contributed by atoms with Crippen molar-refractivity contribution in [3.63, 3.8) is 0 Å². The van der Waals surface area contributed by atoms with E-state index in [4.69, 9.17) is 4.42 Å². The van der Waals surface area contributed by atoms with Crippen LogP contribution in [0.5, 0.6) is 0 Å². The molecule has 76 valence electrons. The summed E-state index contributed by atoms with van der Waals surface area (Å²) in [6.45, 7) is 0. The third-order valence-corrected chi connectivity index (χ3v) is 2.81. The van der Waals surface area contributed by atoms with E-state index in [1.807, 2.05) is 24.3 Å². The van der Waals surface area contributed by atoms with Crippen molar-refractivity contribution in [2.75, 3.05) is 0 Å². The fourth-order valence-corrected chi connectivity index (χ4v) is 1.82. The summed E-state index contributed by atoms with van der Waals surface area (Å²) in [4.78, 5) is 4.11. The van der Waals surface area contributed by atoms with Crippen LogP contribution in [-0.2, 0) is 5.60 Å². The largest absolute Gasteiger partial charge is 0.445 e. The van der Waals surface area contributed by atoms with E-state index in [1.165, 1.54) is 0 Å². The molecule has 0 spiro atoms. The average molecular weight is 201 g/mol. The molecular weight excluding hydrogens is 190 g/mol. The van der Waals surface area contributed by atoms with Gasteiger partial charge in [-0.15, -0.1) is 0 Å². The Labute approximate surface area is 87.4 Å². The number of nitrogens with zero attached hydrogens (tertiary/aromatic N) is 1. The van der Waals surface area contributed by atoms with Gasteiger partial charge in [-0.3, -0.25) is 0 Å². The molecule has 0 atom stereocenters. The first-order chi connectivity index (χ1) is 7.30. The van der Waals surface area contributed by atoms with Crippen LogP contribution in [0.3, 0.4) is 0 Å². The van der Waals surface area contributed by atoms with Gasteiger partial charge >= 0.3 is 0 Å². The molecule has 3 nitrogen and oxygen atoms in total. The molecule has 1 aliphatic carbocycles. The predicted molar refractivity (Wildman–Crippen MR) is 55.1 cm³/mol. The highest BCUT2D eigenvalue weighted by Crippen LogP contribution is 2.48. The molecule has 15 heavy (non-hydrogen) atoms. The molecule has 0 aliphatic heterocycles. The zero-order valence-electron chi connectivity index (χ0n) is 8.18. The van der Waals surface area contributed by atoms with E-state index in [1.54, 1.807) is 12.5 Å². The van der Waals surface area contributed by atoms with Crippen molar-refractivity contribution in [1.29, 1.82) is 0 Å². The predicted octanol–water partition coefficient (Wildman–Crippen LogP) is 2.32. The number of aliphatic hydroxyl groups is 1. The fraction of sp³-hybridized carbons (Fsp3) is 0.250. The Morgan fingerprint density at radius 2 is 2.07 bits per heavy atom. The average Bonchev–Trinajstić information content (AvgIpc) is 2.84. The lowest BCUT2D eigenvalue weighted by atomic mass is 10.0. The van der Waals surface area contributed by atoms with Crippen LogP contribution in [0.15, 0.2) is 41.1 Å². The van der Waals surface area contributed by atoms with Gasteiger partial charge in [0.15, 0.2) is 0 Å². The summed E-state index contributed by atoms with van der Waals surface area (Å²) in [5, 5.41) is 10.1. The normalized spacial score (nSPS) is 17.7. The minimum Gasteiger partial charge on any atom is -0.445 e. The Hall–Kier alpha value is -1.61. The van der Waals surface area contributed by atoms with Crippen LogP contribution in [0, 0.1) is 0 Å². The Morgan fingerprint density at radius 1 is 1.27 bits per heavy atom. The summed E-state index contributed by atoms with van der Waals surface area (Å²) >= 11 is 0. The molecule has 1 aromatic heterocycles. The third-order valence-electron chi connectivity index (χ3n) is 2.81. The quantitative estimate of drug-likeness (QED) is 0.811. The summed E-state index contributed by atoms with van der Waals surface area (Å²) in [6, 6.07) is 7.72. The second-order valence-corrected chi connectivity index (χ2v) is 3.91. The summed E-state index contributed by atoms with van der Waals surface area (Å²) in [6.07, 6.45) is 4.81. The Bertz CT molecular complexity index is 472. The van der Waals surface area contributed by atoms with Crippen LogP contribution < -0.4 is 0 Å². The van der Waals surface area contributed by atoms with Gasteiger partial charge in [0.05, 0.1) is 11.8 Å². The molecule has 3 rings (SSSR count). The van der Waals surface area contributed by atoms with E-state index < -0.39 is 5.60 Å². The van der Waals surface area contributed by atoms with Gasteiger partial charge < -0.3 is 9.52 Å². The monoisotopic (exact) mass is 201 g/mol. The maximum atomic E-state index is 10.1. The molecule has 1 heterocycles. The number of rotatable bonds is 2. The van der Waals surface area contributed by atoms with E-state index in [9.17, 15) is 5.11 Å². The molecule has 0 radical (unpaired) electrons. The first kappa shape index (κ1) is 8.68. The van der Waals surface area contributed by atoms with Crippen molar-refractivity contribution in [1.82, 2.24) is 4.98 Å². The Kier molecular flexibility index (Phi) is 1.70. The molecule has 0 unspecified atom stereocenters. The maximum absolute atomic E-state index is 10.1. The van der Waals surface area contributed by atoms with Gasteiger partial charge in [0, 0.05) is 5.56 Å². The smallest absolute Gasteiger partial charge is 0.226 e. The Morgan fingerprint density at radius 3 is 2.73 bits per heavy atom. The van der Waals surface area contributed by atoms with E-state index >= 15 is 0 Å². The number of oxazole rings is 1. The number of hydrogen-bond acceptors (Lipinski definition) is 3. The van der Waals surface area contributed by atoms with Gasteiger partial charge in [-0.2, -0.15) is 0 Å². The molecule has 1 N–H and O–H groups in total. The lowest BCUT2D eigenvalue weighted by Gasteiger charge is -2.11. The highest BCUT2D eigenvalue weighted by atomic mass is 16.3. The molecule has 1 saturated carbocycles. The molecule has 0 bridgehead atoms. The van der Waals surface area contributed by atoms with E-state index in [-0.39, 0.29) is 0 Å². The molecule has 0 amide bonds. The zero-order valence-corrected chi connectivity index (χ0v) is 8.18. The zero-order chi connectivity index (χ0) is 10.3. The SMILES string of the molecule is OC1(c2ccccc2-c2ncco2)CC1. The lowest BCUT2D eigenvalue weighted by molar-refractivity contribution is 0.152. The molecule has 1 aliphatic rings.